The minimum atomic E-state index is -0.918. The number of carboxylic acid groups (broad SMARTS) is 1. The second kappa shape index (κ2) is 8.76. The van der Waals surface area contributed by atoms with Gasteiger partial charge in [0.05, 0.1) is 8.96 Å². The van der Waals surface area contributed by atoms with Crippen LogP contribution in [-0.2, 0) is 4.79 Å². The number of ether oxygens (including phenoxy) is 1. The van der Waals surface area contributed by atoms with Gasteiger partial charge in [-0.3, -0.25) is 0 Å². The van der Waals surface area contributed by atoms with Crippen molar-refractivity contribution in [1.82, 2.24) is 0 Å². The van der Waals surface area contributed by atoms with E-state index in [0.717, 1.165) is 12.2 Å². The van der Waals surface area contributed by atoms with E-state index in [4.69, 9.17) is 9.84 Å². The van der Waals surface area contributed by atoms with Crippen molar-refractivity contribution in [3.63, 3.8) is 0 Å². The van der Waals surface area contributed by atoms with Crippen LogP contribution in [0.2, 0.25) is 0 Å². The maximum absolute atomic E-state index is 10.9. The van der Waals surface area contributed by atoms with Crippen molar-refractivity contribution in [2.24, 2.45) is 0 Å². The van der Waals surface area contributed by atoms with E-state index in [1.165, 1.54) is 0 Å². The molecule has 0 fully saturated rings. The number of alkyl halides is 1. The molecule has 19 heavy (non-hydrogen) atoms. The highest BCUT2D eigenvalue weighted by Crippen LogP contribution is 2.25. The molecule has 0 aliphatic heterocycles. The van der Waals surface area contributed by atoms with Crippen molar-refractivity contribution in [2.75, 3.05) is 0 Å². The van der Waals surface area contributed by atoms with Crippen LogP contribution < -0.4 is 4.74 Å². The number of halogens is 3. The fraction of sp³-hybridized carbons (Fsp3) is 0.308. The molecule has 0 aliphatic rings. The maximum Gasteiger partial charge on any atom is 0.333 e. The molecule has 1 atom stereocenters. The Bertz CT molecular complexity index is 442. The van der Waals surface area contributed by atoms with Crippen LogP contribution in [0.15, 0.2) is 39.3 Å². The Kier molecular flexibility index (Phi) is 7.71. The van der Waals surface area contributed by atoms with Crippen molar-refractivity contribution >= 4 is 53.8 Å². The molecule has 0 heterocycles. The largest absolute Gasteiger partial charge is 0.479 e. The third-order valence-corrected chi connectivity index (χ3v) is 3.95. The van der Waals surface area contributed by atoms with Crippen molar-refractivity contribution in [3.05, 3.63) is 39.3 Å². The van der Waals surface area contributed by atoms with Crippen LogP contribution in [0, 0.1) is 0 Å². The molecule has 1 aromatic carbocycles. The second-order valence-corrected chi connectivity index (χ2v) is 7.45. The number of rotatable bonds is 7. The third kappa shape index (κ3) is 6.58. The molecule has 1 aromatic rings. The van der Waals surface area contributed by atoms with Gasteiger partial charge < -0.3 is 9.84 Å². The van der Waals surface area contributed by atoms with Gasteiger partial charge in [0.25, 0.3) is 0 Å². The normalized spacial score (nSPS) is 11.7. The van der Waals surface area contributed by atoms with E-state index < -0.39 is 5.97 Å². The molecule has 0 radical (unpaired) electrons. The number of benzene rings is 1. The smallest absolute Gasteiger partial charge is 0.333 e. The van der Waals surface area contributed by atoms with Crippen LogP contribution in [0.1, 0.15) is 19.3 Å². The lowest BCUT2D eigenvalue weighted by Gasteiger charge is -2.13. The van der Waals surface area contributed by atoms with Gasteiger partial charge in [-0.1, -0.05) is 18.2 Å². The van der Waals surface area contributed by atoms with Gasteiger partial charge in [0.15, 0.2) is 5.01 Å². The molecule has 0 saturated heterocycles. The van der Waals surface area contributed by atoms with Gasteiger partial charge in [-0.25, -0.2) is 4.79 Å². The van der Waals surface area contributed by atoms with Gasteiger partial charge in [-0.15, -0.1) is 0 Å². The molecule has 6 heteroatoms. The van der Waals surface area contributed by atoms with Crippen LogP contribution in [0.3, 0.4) is 0 Å². The lowest BCUT2D eigenvalue weighted by atomic mass is 10.1. The summed E-state index contributed by atoms with van der Waals surface area (Å²) < 4.78 is 6.14. The maximum atomic E-state index is 10.9. The highest BCUT2D eigenvalue weighted by molar-refractivity contribution is 9.28. The van der Waals surface area contributed by atoms with Gasteiger partial charge in [-0.05, 0) is 79.2 Å². The van der Waals surface area contributed by atoms with Crippen LogP contribution in [0.5, 0.6) is 5.75 Å². The number of carbonyl (C=O) groups is 1. The van der Waals surface area contributed by atoms with Crippen molar-refractivity contribution in [2.45, 2.75) is 24.3 Å². The number of hydrogen-bond acceptors (Lipinski definition) is 2. The SMILES string of the molecule is O=C(O)C(CCCC(Br)Oc1ccccc1)=C(Br)Br. The average molecular weight is 457 g/mol. The van der Waals surface area contributed by atoms with Crippen molar-refractivity contribution < 1.29 is 14.6 Å². The lowest BCUT2D eigenvalue weighted by molar-refractivity contribution is -0.132. The predicted octanol–water partition coefficient (Wildman–Crippen LogP) is 5.04. The van der Waals surface area contributed by atoms with E-state index in [-0.39, 0.29) is 5.01 Å². The Balaban J connectivity index is 2.37. The summed E-state index contributed by atoms with van der Waals surface area (Å²) in [5, 5.41) is 8.86. The molecule has 1 rings (SSSR count). The zero-order valence-electron chi connectivity index (χ0n) is 9.98. The minimum Gasteiger partial charge on any atom is -0.479 e. The quantitative estimate of drug-likeness (QED) is 0.461. The van der Waals surface area contributed by atoms with Gasteiger partial charge in [0.1, 0.15) is 5.75 Å². The molecular formula is C13H13Br3O3. The van der Waals surface area contributed by atoms with E-state index in [2.05, 4.69) is 47.8 Å². The van der Waals surface area contributed by atoms with Crippen LogP contribution >= 0.6 is 47.8 Å². The molecule has 0 amide bonds. The van der Waals surface area contributed by atoms with Gasteiger partial charge in [0, 0.05) is 0 Å². The zero-order valence-corrected chi connectivity index (χ0v) is 14.7. The first-order valence-electron chi connectivity index (χ1n) is 5.64. The van der Waals surface area contributed by atoms with Gasteiger partial charge in [0.2, 0.25) is 0 Å². The monoisotopic (exact) mass is 454 g/mol. The molecule has 0 bridgehead atoms. The molecular weight excluding hydrogens is 444 g/mol. The molecule has 104 valence electrons. The second-order valence-electron chi connectivity index (χ2n) is 3.78. The molecule has 0 spiro atoms. The summed E-state index contributed by atoms with van der Waals surface area (Å²) in [6.07, 6.45) is 1.91. The van der Waals surface area contributed by atoms with E-state index >= 15 is 0 Å². The van der Waals surface area contributed by atoms with Crippen LogP contribution in [0.25, 0.3) is 0 Å². The summed E-state index contributed by atoms with van der Waals surface area (Å²) in [6, 6.07) is 9.50. The summed E-state index contributed by atoms with van der Waals surface area (Å²) >= 11 is 9.70. The number of aliphatic carboxylic acids is 1. The van der Waals surface area contributed by atoms with Gasteiger partial charge >= 0.3 is 5.97 Å². The molecule has 1 N–H and O–H groups in total. The first-order valence-corrected chi connectivity index (χ1v) is 8.14. The lowest BCUT2D eigenvalue weighted by Crippen LogP contribution is -2.09. The van der Waals surface area contributed by atoms with Crippen LogP contribution in [-0.4, -0.2) is 16.1 Å². The molecule has 0 aromatic heterocycles. The zero-order chi connectivity index (χ0) is 14.3. The number of para-hydroxylation sites is 1. The van der Waals surface area contributed by atoms with Crippen molar-refractivity contribution in [1.29, 1.82) is 0 Å². The molecule has 0 saturated carbocycles. The summed E-state index contributed by atoms with van der Waals surface area (Å²) in [5.41, 5.74) is 0.333. The Morgan fingerprint density at radius 2 is 1.89 bits per heavy atom. The third-order valence-electron chi connectivity index (χ3n) is 2.35. The highest BCUT2D eigenvalue weighted by atomic mass is 79.9. The summed E-state index contributed by atoms with van der Waals surface area (Å²) in [4.78, 5) is 10.9. The Labute approximate surface area is 137 Å². The Morgan fingerprint density at radius 3 is 2.42 bits per heavy atom. The summed E-state index contributed by atoms with van der Waals surface area (Å²) in [6.45, 7) is 0. The first kappa shape index (κ1) is 16.7. The number of hydrogen-bond donors (Lipinski definition) is 1. The minimum absolute atomic E-state index is 0.126. The van der Waals surface area contributed by atoms with Crippen LogP contribution in [0.4, 0.5) is 0 Å². The average Bonchev–Trinajstić information content (AvgIpc) is 2.34. The highest BCUT2D eigenvalue weighted by Gasteiger charge is 2.13. The standard InChI is InChI=1S/C13H13Br3O3/c14-11(19-9-5-2-1-3-6-9)8-4-7-10(12(15)16)13(17)18/h1-3,5-6,11H,4,7-8H2,(H,17,18). The predicted molar refractivity (Wildman–Crippen MR) is 86.2 cm³/mol. The van der Waals surface area contributed by atoms with Crippen molar-refractivity contribution in [3.8, 4) is 5.75 Å². The summed E-state index contributed by atoms with van der Waals surface area (Å²) in [5.74, 6) is -0.126. The summed E-state index contributed by atoms with van der Waals surface area (Å²) in [7, 11) is 0. The topological polar surface area (TPSA) is 46.5 Å². The Morgan fingerprint density at radius 1 is 1.26 bits per heavy atom. The Hall–Kier alpha value is -0.330. The van der Waals surface area contributed by atoms with E-state index in [9.17, 15) is 4.79 Å². The fourth-order valence-corrected chi connectivity index (χ4v) is 2.70. The first-order chi connectivity index (χ1) is 9.00. The van der Waals surface area contributed by atoms with Gasteiger partial charge in [-0.2, -0.15) is 0 Å². The van der Waals surface area contributed by atoms with E-state index in [1.807, 2.05) is 30.3 Å². The molecule has 1 unspecified atom stereocenters. The number of carboxylic acids is 1. The molecule has 0 aliphatic carbocycles. The van der Waals surface area contributed by atoms with E-state index in [1.54, 1.807) is 0 Å². The van der Waals surface area contributed by atoms with E-state index in [0.29, 0.717) is 21.8 Å². The fourth-order valence-electron chi connectivity index (χ4n) is 1.43. The molecule has 3 nitrogen and oxygen atoms in total.